The molecule has 0 spiro atoms. The molecule has 0 unspecified atom stereocenters. The molecule has 0 saturated carbocycles. The molecule has 0 fully saturated rings. The smallest absolute Gasteiger partial charge is 0.269 e. The Kier molecular flexibility index (Phi) is 33.4. The molecule has 8 heteroatoms. The number of rotatable bonds is 33. The predicted molar refractivity (Wildman–Crippen MR) is 293 cm³/mol. The van der Waals surface area contributed by atoms with Gasteiger partial charge in [-0.15, -0.1) is 0 Å². The zero-order valence-electron chi connectivity index (χ0n) is 43.6. The highest BCUT2D eigenvalue weighted by molar-refractivity contribution is 5.58. The fourth-order valence-corrected chi connectivity index (χ4v) is 8.27. The molecule has 0 saturated heterocycles. The van der Waals surface area contributed by atoms with E-state index in [4.69, 9.17) is 5.73 Å². The van der Waals surface area contributed by atoms with Gasteiger partial charge in [0.15, 0.2) is 0 Å². The number of azo groups is 1. The highest BCUT2D eigenvalue weighted by Crippen LogP contribution is 2.28. The van der Waals surface area contributed by atoms with E-state index in [1.807, 2.05) is 37.3 Å². The van der Waals surface area contributed by atoms with E-state index in [1.165, 1.54) is 202 Å². The topological polar surface area (TPSA) is 100 Å². The Labute approximate surface area is 409 Å². The minimum absolute atomic E-state index is 0.0558. The molecular weight excluding hydrogens is 825 g/mol. The molecule has 0 bridgehead atoms. The van der Waals surface area contributed by atoms with Gasteiger partial charge in [-0.3, -0.25) is 10.1 Å². The Hall–Kier alpha value is -4.72. The van der Waals surface area contributed by atoms with Gasteiger partial charge in [0.05, 0.1) is 16.3 Å². The number of nitrogens with two attached hydrogens (primary N) is 1. The van der Waals surface area contributed by atoms with E-state index in [0.29, 0.717) is 5.69 Å². The quantitative estimate of drug-likeness (QED) is 0.0169. The highest BCUT2D eigenvalue weighted by atomic mass is 16.6. The predicted octanol–water partition coefficient (Wildman–Crippen LogP) is 18.9. The Balaban J connectivity index is 0.000000412. The third kappa shape index (κ3) is 28.3. The van der Waals surface area contributed by atoms with Crippen LogP contribution >= 0.6 is 0 Å². The number of nitrogens with zero attached hydrogens (tertiary/aromatic N) is 5. The summed E-state index contributed by atoms with van der Waals surface area (Å²) in [4.78, 5) is 15.6. The zero-order chi connectivity index (χ0) is 48.7. The second-order valence-corrected chi connectivity index (χ2v) is 18.7. The van der Waals surface area contributed by atoms with E-state index in [-0.39, 0.29) is 5.69 Å². The Morgan fingerprint density at radius 2 is 0.866 bits per heavy atom. The van der Waals surface area contributed by atoms with Crippen molar-refractivity contribution in [1.29, 1.82) is 0 Å². The molecule has 0 heterocycles. The van der Waals surface area contributed by atoms with Gasteiger partial charge in [0.2, 0.25) is 0 Å². The van der Waals surface area contributed by atoms with Crippen molar-refractivity contribution in [3.8, 4) is 0 Å². The van der Waals surface area contributed by atoms with Crippen LogP contribution in [-0.2, 0) is 0 Å². The van der Waals surface area contributed by atoms with Crippen LogP contribution in [0.4, 0.5) is 34.1 Å². The van der Waals surface area contributed by atoms with Crippen molar-refractivity contribution in [2.24, 2.45) is 10.2 Å². The number of aryl methyl sites for hydroxylation is 3. The third-order valence-corrected chi connectivity index (χ3v) is 12.4. The van der Waals surface area contributed by atoms with Crippen molar-refractivity contribution < 1.29 is 4.92 Å². The number of nitro benzene ring substituents is 1. The lowest BCUT2D eigenvalue weighted by Gasteiger charge is -2.26. The van der Waals surface area contributed by atoms with Gasteiger partial charge >= 0.3 is 0 Å². The minimum atomic E-state index is -0.411. The van der Waals surface area contributed by atoms with Crippen molar-refractivity contribution in [3.05, 3.63) is 118 Å². The van der Waals surface area contributed by atoms with Crippen LogP contribution in [-0.4, -0.2) is 31.1 Å². The van der Waals surface area contributed by atoms with Gasteiger partial charge in [-0.25, -0.2) is 0 Å². The lowest BCUT2D eigenvalue weighted by molar-refractivity contribution is -0.384. The van der Waals surface area contributed by atoms with Gasteiger partial charge in [-0.05, 0) is 118 Å². The molecule has 0 atom stereocenters. The number of non-ortho nitro benzene ring substituents is 1. The van der Waals surface area contributed by atoms with Gasteiger partial charge in [0.25, 0.3) is 5.69 Å². The average Bonchev–Trinajstić information content (AvgIpc) is 3.32. The first kappa shape index (κ1) is 58.4. The molecule has 2 N–H and O–H groups in total. The Morgan fingerprint density at radius 3 is 1.24 bits per heavy atom. The number of hydrogen-bond donors (Lipinski definition) is 1. The van der Waals surface area contributed by atoms with Crippen LogP contribution < -0.4 is 15.5 Å². The van der Waals surface area contributed by atoms with Crippen molar-refractivity contribution >= 4 is 34.1 Å². The third-order valence-electron chi connectivity index (χ3n) is 12.4. The van der Waals surface area contributed by atoms with Crippen molar-refractivity contribution in [2.45, 2.75) is 203 Å². The van der Waals surface area contributed by atoms with Gasteiger partial charge in [0.1, 0.15) is 0 Å². The molecule has 4 aromatic carbocycles. The minimum Gasteiger partial charge on any atom is -0.399 e. The Bertz CT molecular complexity index is 1810. The summed E-state index contributed by atoms with van der Waals surface area (Å²) < 4.78 is 0. The molecule has 0 aliphatic heterocycles. The first-order valence-electron chi connectivity index (χ1n) is 26.8. The number of hydrogen-bond acceptors (Lipinski definition) is 7. The average molecular weight is 919 g/mol. The molecule has 0 aliphatic carbocycles. The molecule has 0 aliphatic rings. The van der Waals surface area contributed by atoms with Crippen molar-refractivity contribution in [3.63, 3.8) is 0 Å². The van der Waals surface area contributed by atoms with E-state index in [9.17, 15) is 10.1 Å². The molecule has 67 heavy (non-hydrogen) atoms. The number of anilines is 3. The van der Waals surface area contributed by atoms with E-state index in [2.05, 4.69) is 98.0 Å². The van der Waals surface area contributed by atoms with Gasteiger partial charge in [-0.2, -0.15) is 10.2 Å². The van der Waals surface area contributed by atoms with E-state index >= 15 is 0 Å². The highest BCUT2D eigenvalue weighted by Gasteiger charge is 2.10. The molecule has 4 aromatic rings. The van der Waals surface area contributed by atoms with Crippen LogP contribution in [0.25, 0.3) is 0 Å². The van der Waals surface area contributed by atoms with Crippen LogP contribution in [0.2, 0.25) is 0 Å². The SMILES string of the molecule is CCCCCCCCN(CCCCCCCC)c1ccc(N=Nc2ccc([N+](=O)[O-])cc2)c(C)c1.CCCCCCCCN(CCCCCCCC)c1cccc(C)c1.Cc1cccc(N)c1. The fraction of sp³-hybridized carbons (Fsp3) is 0.593. The van der Waals surface area contributed by atoms with Crippen LogP contribution in [0.5, 0.6) is 0 Å². The van der Waals surface area contributed by atoms with E-state index in [0.717, 1.165) is 30.0 Å². The van der Waals surface area contributed by atoms with E-state index < -0.39 is 4.92 Å². The number of nitrogen functional groups attached to an aromatic ring is 1. The van der Waals surface area contributed by atoms with Crippen LogP contribution in [0, 0.1) is 30.9 Å². The second kappa shape index (κ2) is 38.3. The largest absolute Gasteiger partial charge is 0.399 e. The van der Waals surface area contributed by atoms with Crippen molar-refractivity contribution in [1.82, 2.24) is 0 Å². The van der Waals surface area contributed by atoms with Gasteiger partial charge in [-0.1, -0.05) is 180 Å². The van der Waals surface area contributed by atoms with Crippen LogP contribution in [0.15, 0.2) is 101 Å². The molecule has 0 radical (unpaired) electrons. The first-order chi connectivity index (χ1) is 32.6. The number of benzene rings is 4. The standard InChI is InChI=1S/C29H44N4O2.C23H41N.C7H9N/c1-4-6-8-10-12-14-22-32(23-15-13-11-9-7-5-2)28-20-21-29(25(3)24-28)31-30-26-16-18-27(19-17-26)33(34)35;1-4-6-8-10-12-14-19-24(20-15-13-11-9-7-5-2)23-18-16-17-22(3)21-23;1-6-3-2-4-7(8)5-6/h16-21,24H,4-15,22-23H2,1-3H3;16-18,21H,4-15,19-20H2,1-3H3;2-5H,8H2,1H3. The maximum atomic E-state index is 10.8. The molecule has 0 aromatic heterocycles. The van der Waals surface area contributed by atoms with Gasteiger partial charge in [0, 0.05) is 55.4 Å². The first-order valence-corrected chi connectivity index (χ1v) is 26.8. The van der Waals surface area contributed by atoms with Crippen LogP contribution in [0.3, 0.4) is 0 Å². The summed E-state index contributed by atoms with van der Waals surface area (Å²) in [6, 6.07) is 29.4. The summed E-state index contributed by atoms with van der Waals surface area (Å²) in [7, 11) is 0. The monoisotopic (exact) mass is 919 g/mol. The maximum Gasteiger partial charge on any atom is 0.269 e. The molecule has 372 valence electrons. The molecule has 4 rings (SSSR count). The summed E-state index contributed by atoms with van der Waals surface area (Å²) in [6.07, 6.45) is 32.3. The summed E-state index contributed by atoms with van der Waals surface area (Å²) in [6.45, 7) is 20.1. The molecular formula is C59H94N6O2. The lowest BCUT2D eigenvalue weighted by atomic mass is 10.1. The van der Waals surface area contributed by atoms with Crippen molar-refractivity contribution in [2.75, 3.05) is 41.7 Å². The normalized spacial score (nSPS) is 10.9. The fourth-order valence-electron chi connectivity index (χ4n) is 8.27. The summed E-state index contributed by atoms with van der Waals surface area (Å²) >= 11 is 0. The summed E-state index contributed by atoms with van der Waals surface area (Å²) in [5.74, 6) is 0. The number of nitro groups is 1. The van der Waals surface area contributed by atoms with Crippen LogP contribution in [0.1, 0.15) is 198 Å². The van der Waals surface area contributed by atoms with E-state index in [1.54, 1.807) is 12.1 Å². The lowest BCUT2D eigenvalue weighted by Crippen LogP contribution is -2.25. The zero-order valence-corrected chi connectivity index (χ0v) is 43.6. The molecule has 0 amide bonds. The Morgan fingerprint density at radius 1 is 0.463 bits per heavy atom. The number of unbranched alkanes of at least 4 members (excludes halogenated alkanes) is 20. The summed E-state index contributed by atoms with van der Waals surface area (Å²) in [5.41, 5.74) is 14.2. The maximum absolute atomic E-state index is 10.8. The molecule has 8 nitrogen and oxygen atoms in total. The van der Waals surface area contributed by atoms with Gasteiger partial charge < -0.3 is 15.5 Å². The summed E-state index contributed by atoms with van der Waals surface area (Å²) in [5, 5.41) is 19.5. The second-order valence-electron chi connectivity index (χ2n) is 18.7.